The first-order valence-electron chi connectivity index (χ1n) is 9.72. The number of aliphatic hydroxyl groups excluding tert-OH is 2. The molecular weight excluding hydrogens is 440 g/mol. The Kier molecular flexibility index (Phi) is 6.86. The number of hydrogen-bond donors (Lipinski definition) is 3. The number of rotatable bonds is 9. The fraction of sp³-hybridized carbons (Fsp3) is 0.400. The molecule has 170 valence electrons. The van der Waals surface area contributed by atoms with E-state index in [2.05, 4.69) is 15.0 Å². The summed E-state index contributed by atoms with van der Waals surface area (Å²) in [5.74, 6) is 0.310. The van der Waals surface area contributed by atoms with Crippen LogP contribution in [0.5, 0.6) is 5.75 Å². The molecule has 1 fully saturated rings. The number of imidazole rings is 1. The van der Waals surface area contributed by atoms with Gasteiger partial charge in [0, 0.05) is 5.75 Å². The van der Waals surface area contributed by atoms with Gasteiger partial charge in [-0.3, -0.25) is 4.57 Å². The molecule has 2 aromatic heterocycles. The summed E-state index contributed by atoms with van der Waals surface area (Å²) in [4.78, 5) is 23.6. The van der Waals surface area contributed by atoms with Crippen molar-refractivity contribution in [3.8, 4) is 5.75 Å². The third kappa shape index (κ3) is 4.69. The number of thioether (sulfide) groups is 1. The van der Waals surface area contributed by atoms with Gasteiger partial charge in [-0.1, -0.05) is 23.9 Å². The Morgan fingerprint density at radius 3 is 2.69 bits per heavy atom. The molecule has 3 heterocycles. The van der Waals surface area contributed by atoms with Gasteiger partial charge in [0.2, 0.25) is 0 Å². The maximum Gasteiger partial charge on any atom is 0.329 e. The topological polar surface area (TPSA) is 149 Å². The van der Waals surface area contributed by atoms with Gasteiger partial charge < -0.3 is 29.5 Å². The predicted octanol–water partition coefficient (Wildman–Crippen LogP) is 0.848. The van der Waals surface area contributed by atoms with Crippen LogP contribution in [0.1, 0.15) is 11.8 Å². The molecule has 0 bridgehead atoms. The average Bonchev–Trinajstić information content (AvgIpc) is 3.34. The molecule has 4 rings (SSSR count). The number of methoxy groups -OCH3 is 1. The number of carboxylic acids is 1. The fourth-order valence-electron chi connectivity index (χ4n) is 3.35. The van der Waals surface area contributed by atoms with Gasteiger partial charge in [0.05, 0.1) is 20.0 Å². The Bertz CT molecular complexity index is 1080. The van der Waals surface area contributed by atoms with Gasteiger partial charge >= 0.3 is 5.97 Å². The number of carboxylic acid groups (broad SMARTS) is 1. The third-order valence-electron chi connectivity index (χ3n) is 4.98. The van der Waals surface area contributed by atoms with Crippen LogP contribution in [-0.4, -0.2) is 79.4 Å². The molecule has 4 atom stereocenters. The summed E-state index contributed by atoms with van der Waals surface area (Å²) >= 11 is 1.49. The lowest BCUT2D eigenvalue weighted by atomic mass is 10.1. The smallest absolute Gasteiger partial charge is 0.329 e. The second kappa shape index (κ2) is 9.79. The standard InChI is InChI=1S/C20H22N4O7S/c1-29-12-4-2-11(3-5-12)8-32-19-15-18(21-9-22-19)24(10-23-15)20-17(28)16(27)13(31-20)6-30-7-14(25)26/h2-5,9-10,13,16-17,20,27-28H,6-8H2,1H3,(H,25,26). The second-order valence-electron chi connectivity index (χ2n) is 7.09. The van der Waals surface area contributed by atoms with Crippen LogP contribution in [0.15, 0.2) is 41.9 Å². The van der Waals surface area contributed by atoms with Crippen molar-refractivity contribution < 1.29 is 34.3 Å². The highest BCUT2D eigenvalue weighted by molar-refractivity contribution is 7.98. The van der Waals surface area contributed by atoms with Crippen molar-refractivity contribution in [1.29, 1.82) is 0 Å². The Morgan fingerprint density at radius 1 is 1.19 bits per heavy atom. The van der Waals surface area contributed by atoms with E-state index in [4.69, 9.17) is 19.3 Å². The lowest BCUT2D eigenvalue weighted by molar-refractivity contribution is -0.144. The van der Waals surface area contributed by atoms with E-state index in [1.807, 2.05) is 24.3 Å². The highest BCUT2D eigenvalue weighted by Gasteiger charge is 2.44. The van der Waals surface area contributed by atoms with Gasteiger partial charge in [0.25, 0.3) is 0 Å². The molecule has 32 heavy (non-hydrogen) atoms. The summed E-state index contributed by atoms with van der Waals surface area (Å²) in [6, 6.07) is 7.72. The van der Waals surface area contributed by atoms with Crippen LogP contribution in [0.2, 0.25) is 0 Å². The normalized spacial score (nSPS) is 23.0. The van der Waals surface area contributed by atoms with E-state index >= 15 is 0 Å². The number of aliphatic hydroxyl groups is 2. The maximum absolute atomic E-state index is 10.6. The minimum absolute atomic E-state index is 0.175. The average molecular weight is 462 g/mol. The summed E-state index contributed by atoms with van der Waals surface area (Å²) in [5, 5.41) is 30.1. The molecule has 0 aliphatic carbocycles. The molecule has 1 aliphatic heterocycles. The van der Waals surface area contributed by atoms with Crippen molar-refractivity contribution in [3.63, 3.8) is 0 Å². The quantitative estimate of drug-likeness (QED) is 0.307. The van der Waals surface area contributed by atoms with E-state index in [0.717, 1.165) is 11.3 Å². The van der Waals surface area contributed by atoms with Crippen LogP contribution in [0.3, 0.4) is 0 Å². The Balaban J connectivity index is 1.49. The number of benzene rings is 1. The molecule has 1 aromatic carbocycles. The summed E-state index contributed by atoms with van der Waals surface area (Å²) in [6.07, 6.45) is -1.49. The van der Waals surface area contributed by atoms with E-state index in [1.165, 1.54) is 29.0 Å². The first kappa shape index (κ1) is 22.4. The molecule has 0 saturated carbocycles. The summed E-state index contributed by atoms with van der Waals surface area (Å²) in [6.45, 7) is -0.699. The number of fused-ring (bicyclic) bond motifs is 1. The number of aliphatic carboxylic acids is 1. The Hall–Kier alpha value is -2.77. The number of aromatic nitrogens is 4. The summed E-state index contributed by atoms with van der Waals surface area (Å²) in [5.41, 5.74) is 2.08. The van der Waals surface area contributed by atoms with E-state index < -0.39 is 37.1 Å². The lowest BCUT2D eigenvalue weighted by Crippen LogP contribution is -2.34. The molecule has 3 aromatic rings. The van der Waals surface area contributed by atoms with Crippen molar-refractivity contribution in [2.24, 2.45) is 0 Å². The molecule has 0 radical (unpaired) electrons. The van der Waals surface area contributed by atoms with Gasteiger partial charge in [-0.05, 0) is 17.7 Å². The molecule has 0 amide bonds. The van der Waals surface area contributed by atoms with E-state index in [1.54, 1.807) is 7.11 Å². The zero-order valence-corrected chi connectivity index (χ0v) is 17.9. The van der Waals surface area contributed by atoms with Gasteiger partial charge in [-0.15, -0.1) is 0 Å². The predicted molar refractivity (Wildman–Crippen MR) is 112 cm³/mol. The van der Waals surface area contributed by atoms with Crippen molar-refractivity contribution in [3.05, 3.63) is 42.5 Å². The van der Waals surface area contributed by atoms with Crippen LogP contribution < -0.4 is 4.74 Å². The van der Waals surface area contributed by atoms with Crippen LogP contribution in [0, 0.1) is 0 Å². The molecule has 11 nitrogen and oxygen atoms in total. The van der Waals surface area contributed by atoms with Crippen LogP contribution in [0.25, 0.3) is 11.2 Å². The van der Waals surface area contributed by atoms with Crippen LogP contribution in [-0.2, 0) is 20.0 Å². The van der Waals surface area contributed by atoms with Crippen molar-refractivity contribution in [2.75, 3.05) is 20.3 Å². The molecule has 0 spiro atoms. The van der Waals surface area contributed by atoms with Crippen LogP contribution in [0.4, 0.5) is 0 Å². The largest absolute Gasteiger partial charge is 0.497 e. The van der Waals surface area contributed by atoms with Gasteiger partial charge in [-0.2, -0.15) is 0 Å². The number of nitrogens with zero attached hydrogens (tertiary/aromatic N) is 4. The first-order chi connectivity index (χ1) is 15.5. The lowest BCUT2D eigenvalue weighted by Gasteiger charge is -2.16. The molecular formula is C20H22N4O7S. The van der Waals surface area contributed by atoms with Gasteiger partial charge in [0.1, 0.15) is 47.5 Å². The molecule has 3 N–H and O–H groups in total. The van der Waals surface area contributed by atoms with Crippen molar-refractivity contribution in [2.45, 2.75) is 35.3 Å². The Labute approximate surface area is 187 Å². The molecule has 12 heteroatoms. The molecule has 4 unspecified atom stereocenters. The van der Waals surface area contributed by atoms with Crippen molar-refractivity contribution >= 4 is 28.9 Å². The SMILES string of the molecule is COc1ccc(CSc2ncnc3c2ncn3C2OC(COCC(=O)O)C(O)C2O)cc1. The Morgan fingerprint density at radius 2 is 1.97 bits per heavy atom. The van der Waals surface area contributed by atoms with Gasteiger partial charge in [-0.25, -0.2) is 19.7 Å². The second-order valence-corrected chi connectivity index (χ2v) is 8.06. The number of hydrogen-bond acceptors (Lipinski definition) is 10. The minimum atomic E-state index is -1.27. The summed E-state index contributed by atoms with van der Waals surface area (Å²) < 4.78 is 17.4. The highest BCUT2D eigenvalue weighted by atomic mass is 32.2. The highest BCUT2D eigenvalue weighted by Crippen LogP contribution is 2.33. The third-order valence-corrected chi connectivity index (χ3v) is 6.03. The number of carbonyl (C=O) groups is 1. The molecule has 1 saturated heterocycles. The fourth-order valence-corrected chi connectivity index (χ4v) is 4.25. The van der Waals surface area contributed by atoms with Gasteiger partial charge in [0.15, 0.2) is 11.9 Å². The first-order valence-corrected chi connectivity index (χ1v) is 10.7. The number of ether oxygens (including phenoxy) is 3. The van der Waals surface area contributed by atoms with E-state index in [0.29, 0.717) is 21.9 Å². The van der Waals surface area contributed by atoms with E-state index in [-0.39, 0.29) is 6.61 Å². The van der Waals surface area contributed by atoms with E-state index in [9.17, 15) is 15.0 Å². The monoisotopic (exact) mass is 462 g/mol. The molecule has 1 aliphatic rings. The van der Waals surface area contributed by atoms with Crippen molar-refractivity contribution in [1.82, 2.24) is 19.5 Å². The summed E-state index contributed by atoms with van der Waals surface area (Å²) in [7, 11) is 1.62. The minimum Gasteiger partial charge on any atom is -0.497 e. The maximum atomic E-state index is 10.6. The zero-order chi connectivity index (χ0) is 22.7. The zero-order valence-electron chi connectivity index (χ0n) is 17.1. The van der Waals surface area contributed by atoms with Crippen LogP contribution >= 0.6 is 11.8 Å².